The van der Waals surface area contributed by atoms with Gasteiger partial charge in [-0.25, -0.2) is 0 Å². The van der Waals surface area contributed by atoms with E-state index in [4.69, 9.17) is 20.4 Å². The van der Waals surface area contributed by atoms with Crippen LogP contribution in [0.1, 0.15) is 0 Å². The van der Waals surface area contributed by atoms with Gasteiger partial charge in [-0.3, -0.25) is 4.79 Å². The van der Waals surface area contributed by atoms with Gasteiger partial charge in [-0.05, 0) is 0 Å². The standard InChI is InChI=1S/C6H10O6/c7-1-2(8)5-3(9)4(10)6(11)12-5/h2,4-8,10-11H,1H2/t2-,4?,5-,6?/m1/s1. The van der Waals surface area contributed by atoms with E-state index in [1.54, 1.807) is 0 Å². The highest BCUT2D eigenvalue weighted by molar-refractivity contribution is 5.89. The Morgan fingerprint density at radius 1 is 1.50 bits per heavy atom. The smallest absolute Gasteiger partial charge is 0.197 e. The zero-order valence-electron chi connectivity index (χ0n) is 6.12. The quantitative estimate of drug-likeness (QED) is 0.358. The maximum atomic E-state index is 10.9. The molecule has 1 heterocycles. The van der Waals surface area contributed by atoms with Crippen LogP contribution >= 0.6 is 0 Å². The molecule has 2 unspecified atom stereocenters. The van der Waals surface area contributed by atoms with E-state index in [-0.39, 0.29) is 0 Å². The Morgan fingerprint density at radius 3 is 2.42 bits per heavy atom. The molecule has 0 aliphatic carbocycles. The molecule has 0 amide bonds. The molecule has 70 valence electrons. The highest BCUT2D eigenvalue weighted by atomic mass is 16.6. The summed E-state index contributed by atoms with van der Waals surface area (Å²) in [4.78, 5) is 10.9. The number of hydrogen-bond acceptors (Lipinski definition) is 6. The first kappa shape index (κ1) is 9.56. The van der Waals surface area contributed by atoms with Gasteiger partial charge in [0.2, 0.25) is 0 Å². The summed E-state index contributed by atoms with van der Waals surface area (Å²) < 4.78 is 4.48. The topological polar surface area (TPSA) is 107 Å². The second-order valence-electron chi connectivity index (χ2n) is 2.54. The number of Topliss-reactive ketones (excluding diaryl/α,β-unsaturated/α-hetero) is 1. The lowest BCUT2D eigenvalue weighted by atomic mass is 10.1. The Kier molecular flexibility index (Phi) is 2.76. The van der Waals surface area contributed by atoms with Crippen LogP contribution in [0.3, 0.4) is 0 Å². The van der Waals surface area contributed by atoms with Crippen molar-refractivity contribution in [3.05, 3.63) is 0 Å². The van der Waals surface area contributed by atoms with Gasteiger partial charge >= 0.3 is 0 Å². The van der Waals surface area contributed by atoms with E-state index in [0.717, 1.165) is 0 Å². The molecule has 1 aliphatic rings. The Hall–Kier alpha value is -0.530. The SMILES string of the molecule is O=C1C(O)C(O)O[C@@H]1[C@H](O)CO. The number of ether oxygens (including phenoxy) is 1. The van der Waals surface area contributed by atoms with Crippen molar-refractivity contribution in [1.82, 2.24) is 0 Å². The van der Waals surface area contributed by atoms with Crippen LogP contribution in [0.25, 0.3) is 0 Å². The molecular formula is C6H10O6. The highest BCUT2D eigenvalue weighted by Crippen LogP contribution is 2.17. The largest absolute Gasteiger partial charge is 0.394 e. The third kappa shape index (κ3) is 1.47. The minimum Gasteiger partial charge on any atom is -0.394 e. The van der Waals surface area contributed by atoms with Crippen molar-refractivity contribution >= 4 is 5.78 Å². The number of hydrogen-bond donors (Lipinski definition) is 4. The summed E-state index contributed by atoms with van der Waals surface area (Å²) in [5, 5.41) is 35.0. The molecule has 4 N–H and O–H groups in total. The van der Waals surface area contributed by atoms with Crippen molar-refractivity contribution in [2.45, 2.75) is 24.6 Å². The average molecular weight is 178 g/mol. The molecule has 4 atom stereocenters. The first-order valence-corrected chi connectivity index (χ1v) is 3.42. The fourth-order valence-corrected chi connectivity index (χ4v) is 0.977. The van der Waals surface area contributed by atoms with E-state index >= 15 is 0 Å². The van der Waals surface area contributed by atoms with Crippen molar-refractivity contribution in [3.63, 3.8) is 0 Å². The molecule has 0 saturated carbocycles. The van der Waals surface area contributed by atoms with Crippen LogP contribution in [0.5, 0.6) is 0 Å². The summed E-state index contributed by atoms with van der Waals surface area (Å²) in [6.07, 6.45) is -5.97. The summed E-state index contributed by atoms with van der Waals surface area (Å²) in [6, 6.07) is 0. The van der Waals surface area contributed by atoms with Gasteiger partial charge < -0.3 is 25.2 Å². The number of carbonyl (C=O) groups is 1. The summed E-state index contributed by atoms with van der Waals surface area (Å²) in [5.74, 6) is -0.816. The minimum atomic E-state index is -1.63. The molecule has 6 heteroatoms. The monoisotopic (exact) mass is 178 g/mol. The second-order valence-corrected chi connectivity index (χ2v) is 2.54. The van der Waals surface area contributed by atoms with Gasteiger partial charge in [0.25, 0.3) is 0 Å². The van der Waals surface area contributed by atoms with Crippen LogP contribution < -0.4 is 0 Å². The van der Waals surface area contributed by atoms with Crippen molar-refractivity contribution in [1.29, 1.82) is 0 Å². The zero-order valence-corrected chi connectivity index (χ0v) is 6.12. The van der Waals surface area contributed by atoms with E-state index in [2.05, 4.69) is 4.74 Å². The third-order valence-electron chi connectivity index (χ3n) is 1.66. The second kappa shape index (κ2) is 3.46. The van der Waals surface area contributed by atoms with Crippen molar-refractivity contribution < 1.29 is 30.0 Å². The zero-order chi connectivity index (χ0) is 9.30. The minimum absolute atomic E-state index is 0.657. The Bertz CT molecular complexity index is 181. The fraction of sp³-hybridized carbons (Fsp3) is 0.833. The van der Waals surface area contributed by atoms with Crippen LogP contribution in [0.4, 0.5) is 0 Å². The van der Waals surface area contributed by atoms with Crippen molar-refractivity contribution in [3.8, 4) is 0 Å². The van der Waals surface area contributed by atoms with Crippen molar-refractivity contribution in [2.75, 3.05) is 6.61 Å². The van der Waals surface area contributed by atoms with Crippen LogP contribution in [-0.2, 0) is 9.53 Å². The molecule has 1 fully saturated rings. The Balaban J connectivity index is 2.64. The van der Waals surface area contributed by atoms with Gasteiger partial charge in [0.1, 0.15) is 12.2 Å². The molecular weight excluding hydrogens is 168 g/mol. The van der Waals surface area contributed by atoms with E-state index in [1.165, 1.54) is 0 Å². The summed E-state index contributed by atoms with van der Waals surface area (Å²) in [6.45, 7) is -0.657. The van der Waals surface area contributed by atoms with Gasteiger partial charge in [0.15, 0.2) is 18.2 Å². The lowest BCUT2D eigenvalue weighted by Crippen LogP contribution is -2.36. The molecule has 1 saturated heterocycles. The molecule has 0 aromatic rings. The number of ketones is 1. The first-order valence-electron chi connectivity index (χ1n) is 3.42. The molecule has 0 bridgehead atoms. The van der Waals surface area contributed by atoms with Gasteiger partial charge in [0.05, 0.1) is 6.61 Å². The molecule has 0 radical (unpaired) electrons. The third-order valence-corrected chi connectivity index (χ3v) is 1.66. The molecule has 0 spiro atoms. The Labute approximate surface area is 68.0 Å². The molecule has 1 rings (SSSR count). The lowest BCUT2D eigenvalue weighted by Gasteiger charge is -2.12. The fourth-order valence-electron chi connectivity index (χ4n) is 0.977. The molecule has 0 aromatic carbocycles. The normalized spacial score (nSPS) is 38.7. The van der Waals surface area contributed by atoms with E-state index in [1.807, 2.05) is 0 Å². The number of rotatable bonds is 2. The first-order chi connectivity index (χ1) is 5.57. The number of carbonyl (C=O) groups excluding carboxylic acids is 1. The van der Waals surface area contributed by atoms with Crippen LogP contribution in [0, 0.1) is 0 Å². The lowest BCUT2D eigenvalue weighted by molar-refractivity contribution is -0.150. The van der Waals surface area contributed by atoms with Crippen molar-refractivity contribution in [2.24, 2.45) is 0 Å². The van der Waals surface area contributed by atoms with Gasteiger partial charge in [-0.1, -0.05) is 0 Å². The molecule has 1 aliphatic heterocycles. The van der Waals surface area contributed by atoms with Gasteiger partial charge in [-0.2, -0.15) is 0 Å². The number of aliphatic hydroxyl groups is 4. The van der Waals surface area contributed by atoms with Crippen LogP contribution in [0.2, 0.25) is 0 Å². The molecule has 6 nitrogen and oxygen atoms in total. The van der Waals surface area contributed by atoms with E-state index in [9.17, 15) is 4.79 Å². The summed E-state index contributed by atoms with van der Waals surface area (Å²) >= 11 is 0. The highest BCUT2D eigenvalue weighted by Gasteiger charge is 2.44. The Morgan fingerprint density at radius 2 is 2.08 bits per heavy atom. The maximum Gasteiger partial charge on any atom is 0.197 e. The van der Waals surface area contributed by atoms with E-state index < -0.39 is 37.0 Å². The maximum absolute atomic E-state index is 10.9. The van der Waals surface area contributed by atoms with Gasteiger partial charge in [-0.15, -0.1) is 0 Å². The summed E-state index contributed by atoms with van der Waals surface area (Å²) in [5.41, 5.74) is 0. The van der Waals surface area contributed by atoms with E-state index in [0.29, 0.717) is 0 Å². The predicted octanol–water partition coefficient (Wildman–Crippen LogP) is -3.01. The molecule has 0 aromatic heterocycles. The van der Waals surface area contributed by atoms with Crippen LogP contribution in [-0.4, -0.2) is 57.4 Å². The average Bonchev–Trinajstić information content (AvgIpc) is 2.32. The summed E-state index contributed by atoms with van der Waals surface area (Å²) in [7, 11) is 0. The predicted molar refractivity (Wildman–Crippen MR) is 35.0 cm³/mol. The number of aliphatic hydroxyl groups excluding tert-OH is 4. The van der Waals surface area contributed by atoms with Gasteiger partial charge in [0, 0.05) is 0 Å². The van der Waals surface area contributed by atoms with Crippen LogP contribution in [0.15, 0.2) is 0 Å². The molecule has 12 heavy (non-hydrogen) atoms.